The number of hydrazone groups is 1. The van der Waals surface area contributed by atoms with Gasteiger partial charge < -0.3 is 5.11 Å². The lowest BCUT2D eigenvalue weighted by Crippen LogP contribution is -2.30. The van der Waals surface area contributed by atoms with Gasteiger partial charge in [0.25, 0.3) is 0 Å². The van der Waals surface area contributed by atoms with Gasteiger partial charge in [-0.1, -0.05) is 0 Å². The Labute approximate surface area is 71.7 Å². The summed E-state index contributed by atoms with van der Waals surface area (Å²) in [6.07, 6.45) is 4.39. The number of hydrogen-bond donors (Lipinski definition) is 2. The molecule has 1 rings (SSSR count). The molecule has 2 N–H and O–H groups in total. The fourth-order valence-electron chi connectivity index (χ4n) is 1.14. The predicted molar refractivity (Wildman–Crippen MR) is 46.1 cm³/mol. The van der Waals surface area contributed by atoms with Crippen molar-refractivity contribution in [1.82, 2.24) is 5.43 Å². The molecular weight excluding hydrogens is 156 g/mol. The Morgan fingerprint density at radius 1 is 1.58 bits per heavy atom. The van der Waals surface area contributed by atoms with Gasteiger partial charge in [0, 0.05) is 5.71 Å². The topological polar surface area (TPSA) is 61.7 Å². The second-order valence-corrected chi connectivity index (χ2v) is 3.07. The minimum Gasteiger partial charge on any atom is -0.480 e. The Morgan fingerprint density at radius 2 is 2.17 bits per heavy atom. The minimum absolute atomic E-state index is 0.585. The van der Waals surface area contributed by atoms with E-state index in [1.165, 1.54) is 12.8 Å². The highest BCUT2D eigenvalue weighted by Gasteiger charge is 2.11. The average molecular weight is 170 g/mol. The van der Waals surface area contributed by atoms with Crippen molar-refractivity contribution >= 4 is 11.7 Å². The lowest BCUT2D eigenvalue weighted by atomic mass is 10.3. The molecule has 0 aromatic carbocycles. The first-order valence-electron chi connectivity index (χ1n) is 4.24. The Kier molecular flexibility index (Phi) is 3.08. The van der Waals surface area contributed by atoms with E-state index in [1.54, 1.807) is 6.92 Å². The van der Waals surface area contributed by atoms with Crippen LogP contribution in [0.15, 0.2) is 5.10 Å². The lowest BCUT2D eigenvalue weighted by molar-refractivity contribution is -0.138. The molecule has 0 aromatic heterocycles. The van der Waals surface area contributed by atoms with Crippen molar-refractivity contribution in [2.75, 3.05) is 0 Å². The molecule has 0 saturated heterocycles. The summed E-state index contributed by atoms with van der Waals surface area (Å²) < 4.78 is 0. The second kappa shape index (κ2) is 4.09. The van der Waals surface area contributed by atoms with Crippen LogP contribution < -0.4 is 5.43 Å². The zero-order chi connectivity index (χ0) is 8.97. The lowest BCUT2D eigenvalue weighted by Gasteiger charge is -2.05. The molecule has 0 aliphatic heterocycles. The van der Waals surface area contributed by atoms with Gasteiger partial charge in [0.2, 0.25) is 0 Å². The van der Waals surface area contributed by atoms with Gasteiger partial charge in [0.1, 0.15) is 6.04 Å². The molecule has 4 nitrogen and oxygen atoms in total. The number of rotatable bonds is 3. The minimum atomic E-state index is -0.864. The van der Waals surface area contributed by atoms with E-state index < -0.39 is 12.0 Å². The molecule has 4 heteroatoms. The number of aliphatic carboxylic acids is 1. The summed E-state index contributed by atoms with van der Waals surface area (Å²) in [5.74, 6) is -0.864. The zero-order valence-corrected chi connectivity index (χ0v) is 7.21. The highest BCUT2D eigenvalue weighted by molar-refractivity contribution is 5.86. The number of carboxylic acids is 1. The average Bonchev–Trinajstić information content (AvgIpc) is 2.51. The van der Waals surface area contributed by atoms with Crippen molar-refractivity contribution in [2.24, 2.45) is 5.10 Å². The van der Waals surface area contributed by atoms with Crippen LogP contribution in [0.1, 0.15) is 32.6 Å². The summed E-state index contributed by atoms with van der Waals surface area (Å²) in [6, 6.07) is -0.585. The molecule has 0 spiro atoms. The van der Waals surface area contributed by atoms with Crippen LogP contribution in [-0.4, -0.2) is 22.8 Å². The first kappa shape index (κ1) is 9.03. The van der Waals surface area contributed by atoms with E-state index >= 15 is 0 Å². The monoisotopic (exact) mass is 170 g/mol. The van der Waals surface area contributed by atoms with E-state index in [-0.39, 0.29) is 0 Å². The van der Waals surface area contributed by atoms with Crippen LogP contribution in [0.2, 0.25) is 0 Å². The van der Waals surface area contributed by atoms with Gasteiger partial charge in [0.15, 0.2) is 0 Å². The molecule has 1 unspecified atom stereocenters. The maximum absolute atomic E-state index is 10.4. The van der Waals surface area contributed by atoms with Gasteiger partial charge in [0.05, 0.1) is 0 Å². The third-order valence-corrected chi connectivity index (χ3v) is 1.97. The first-order chi connectivity index (χ1) is 5.70. The summed E-state index contributed by atoms with van der Waals surface area (Å²) in [5.41, 5.74) is 3.71. The standard InChI is InChI=1S/C8H14N2O2/c1-6(8(11)12)9-10-7-4-2-3-5-7/h6,9H,2-5H2,1H3,(H,11,12). The smallest absolute Gasteiger partial charge is 0.327 e. The largest absolute Gasteiger partial charge is 0.480 e. The Balaban J connectivity index is 2.32. The van der Waals surface area contributed by atoms with Crippen LogP contribution in [0.5, 0.6) is 0 Å². The molecule has 0 radical (unpaired) electrons. The van der Waals surface area contributed by atoms with E-state index in [0.717, 1.165) is 18.6 Å². The van der Waals surface area contributed by atoms with E-state index in [4.69, 9.17) is 5.11 Å². The Bertz CT molecular complexity index is 193. The fourth-order valence-corrected chi connectivity index (χ4v) is 1.14. The maximum Gasteiger partial charge on any atom is 0.327 e. The fraction of sp³-hybridized carbons (Fsp3) is 0.750. The van der Waals surface area contributed by atoms with E-state index in [9.17, 15) is 4.79 Å². The van der Waals surface area contributed by atoms with Crippen molar-refractivity contribution in [2.45, 2.75) is 38.6 Å². The quantitative estimate of drug-likeness (QED) is 0.620. The summed E-state index contributed by atoms with van der Waals surface area (Å²) in [6.45, 7) is 1.58. The Morgan fingerprint density at radius 3 is 2.67 bits per heavy atom. The van der Waals surface area contributed by atoms with Crippen LogP contribution >= 0.6 is 0 Å². The van der Waals surface area contributed by atoms with Crippen LogP contribution in [0.4, 0.5) is 0 Å². The molecule has 0 amide bonds. The highest BCUT2D eigenvalue weighted by Crippen LogP contribution is 2.13. The van der Waals surface area contributed by atoms with Crippen molar-refractivity contribution in [1.29, 1.82) is 0 Å². The van der Waals surface area contributed by atoms with Gasteiger partial charge in [-0.25, -0.2) is 4.79 Å². The van der Waals surface area contributed by atoms with Crippen LogP contribution in [-0.2, 0) is 4.79 Å². The summed E-state index contributed by atoms with van der Waals surface area (Å²) in [7, 11) is 0. The summed E-state index contributed by atoms with van der Waals surface area (Å²) in [4.78, 5) is 10.4. The van der Waals surface area contributed by atoms with E-state index in [1.807, 2.05) is 0 Å². The summed E-state index contributed by atoms with van der Waals surface area (Å²) in [5, 5.41) is 12.6. The van der Waals surface area contributed by atoms with Crippen LogP contribution in [0.3, 0.4) is 0 Å². The van der Waals surface area contributed by atoms with Gasteiger partial charge >= 0.3 is 5.97 Å². The van der Waals surface area contributed by atoms with Crippen molar-refractivity contribution in [3.05, 3.63) is 0 Å². The van der Waals surface area contributed by atoms with Gasteiger partial charge in [-0.15, -0.1) is 0 Å². The third kappa shape index (κ3) is 2.53. The van der Waals surface area contributed by atoms with E-state index in [0.29, 0.717) is 0 Å². The number of carbonyl (C=O) groups is 1. The maximum atomic E-state index is 10.4. The SMILES string of the molecule is CC(NN=C1CCCC1)C(=O)O. The number of hydrogen-bond acceptors (Lipinski definition) is 3. The van der Waals surface area contributed by atoms with Crippen LogP contribution in [0, 0.1) is 0 Å². The molecule has 1 fully saturated rings. The van der Waals surface area contributed by atoms with E-state index in [2.05, 4.69) is 10.5 Å². The third-order valence-electron chi connectivity index (χ3n) is 1.97. The van der Waals surface area contributed by atoms with Gasteiger partial charge in [-0.05, 0) is 32.6 Å². The molecule has 1 saturated carbocycles. The zero-order valence-electron chi connectivity index (χ0n) is 7.21. The normalized spacial score (nSPS) is 18.9. The molecule has 68 valence electrons. The molecule has 0 bridgehead atoms. The number of nitrogens with one attached hydrogen (secondary N) is 1. The molecule has 1 aliphatic carbocycles. The van der Waals surface area contributed by atoms with Crippen molar-refractivity contribution < 1.29 is 9.90 Å². The number of nitrogens with zero attached hydrogens (tertiary/aromatic N) is 1. The molecule has 12 heavy (non-hydrogen) atoms. The number of carboxylic acid groups (broad SMARTS) is 1. The molecule has 0 heterocycles. The Hall–Kier alpha value is -1.06. The van der Waals surface area contributed by atoms with Crippen molar-refractivity contribution in [3.63, 3.8) is 0 Å². The van der Waals surface area contributed by atoms with Crippen molar-refractivity contribution in [3.8, 4) is 0 Å². The summed E-state index contributed by atoms with van der Waals surface area (Å²) >= 11 is 0. The molecule has 0 aromatic rings. The second-order valence-electron chi connectivity index (χ2n) is 3.07. The molecule has 1 aliphatic rings. The van der Waals surface area contributed by atoms with Crippen LogP contribution in [0.25, 0.3) is 0 Å². The highest BCUT2D eigenvalue weighted by atomic mass is 16.4. The first-order valence-corrected chi connectivity index (χ1v) is 4.24. The van der Waals surface area contributed by atoms with Gasteiger partial charge in [-0.2, -0.15) is 5.10 Å². The predicted octanol–water partition coefficient (Wildman–Crippen LogP) is 0.979. The van der Waals surface area contributed by atoms with Gasteiger partial charge in [-0.3, -0.25) is 5.43 Å². The molecule has 1 atom stereocenters. The molecular formula is C8H14N2O2.